The molecule has 0 saturated carbocycles. The van der Waals surface area contributed by atoms with Crippen LogP contribution in [0.4, 0.5) is 0 Å². The number of benzene rings is 2. The second kappa shape index (κ2) is 5.01. The van der Waals surface area contributed by atoms with Gasteiger partial charge in [-0.05, 0) is 35.0 Å². The van der Waals surface area contributed by atoms with Crippen LogP contribution in [0, 0.1) is 0 Å². The van der Waals surface area contributed by atoms with Crippen molar-refractivity contribution in [3.63, 3.8) is 0 Å². The van der Waals surface area contributed by atoms with Crippen LogP contribution in [0.25, 0.3) is 21.7 Å². The molecule has 0 radical (unpaired) electrons. The van der Waals surface area contributed by atoms with Crippen molar-refractivity contribution in [3.05, 3.63) is 36.1 Å². The van der Waals surface area contributed by atoms with Crippen LogP contribution in [0.3, 0.4) is 0 Å². The standard InChI is InChI=1S/C16H14O5/c1-18-10-5-6-11-9(8-10)4-7-12-13(11)14(19-2)15(21-12)16(17)20-3/h4-8H,1-3H3. The summed E-state index contributed by atoms with van der Waals surface area (Å²) in [5.41, 5.74) is 0.574. The Bertz CT molecular complexity index is 831. The maximum atomic E-state index is 11.8. The van der Waals surface area contributed by atoms with Gasteiger partial charge in [-0.25, -0.2) is 4.79 Å². The molecule has 108 valence electrons. The van der Waals surface area contributed by atoms with Gasteiger partial charge in [-0.1, -0.05) is 6.07 Å². The lowest BCUT2D eigenvalue weighted by Crippen LogP contribution is -2.01. The molecule has 0 atom stereocenters. The van der Waals surface area contributed by atoms with Crippen LogP contribution in [0.5, 0.6) is 11.5 Å². The highest BCUT2D eigenvalue weighted by Gasteiger charge is 2.23. The van der Waals surface area contributed by atoms with Crippen LogP contribution in [-0.2, 0) is 4.74 Å². The highest BCUT2D eigenvalue weighted by atomic mass is 16.5. The van der Waals surface area contributed by atoms with Crippen molar-refractivity contribution in [2.75, 3.05) is 21.3 Å². The Kier molecular flexibility index (Phi) is 3.17. The Morgan fingerprint density at radius 1 is 1.05 bits per heavy atom. The van der Waals surface area contributed by atoms with Gasteiger partial charge in [-0.3, -0.25) is 0 Å². The van der Waals surface area contributed by atoms with Gasteiger partial charge < -0.3 is 18.6 Å². The molecule has 3 rings (SSSR count). The summed E-state index contributed by atoms with van der Waals surface area (Å²) in [4.78, 5) is 11.8. The van der Waals surface area contributed by atoms with E-state index in [0.717, 1.165) is 21.9 Å². The number of methoxy groups -OCH3 is 3. The first kappa shape index (κ1) is 13.3. The molecule has 0 fully saturated rings. The summed E-state index contributed by atoms with van der Waals surface area (Å²) in [6, 6.07) is 9.39. The number of esters is 1. The summed E-state index contributed by atoms with van der Waals surface area (Å²) in [5, 5.41) is 2.64. The van der Waals surface area contributed by atoms with Gasteiger partial charge in [0.05, 0.1) is 26.7 Å². The third-order valence-corrected chi connectivity index (χ3v) is 3.41. The molecule has 5 nitrogen and oxygen atoms in total. The van der Waals surface area contributed by atoms with Crippen molar-refractivity contribution in [1.82, 2.24) is 0 Å². The predicted molar refractivity (Wildman–Crippen MR) is 78.2 cm³/mol. The minimum atomic E-state index is -0.565. The smallest absolute Gasteiger partial charge is 0.377 e. The maximum Gasteiger partial charge on any atom is 0.377 e. The van der Waals surface area contributed by atoms with E-state index >= 15 is 0 Å². The van der Waals surface area contributed by atoms with E-state index in [1.807, 2.05) is 24.3 Å². The molecule has 0 unspecified atom stereocenters. The van der Waals surface area contributed by atoms with Crippen LogP contribution in [0.2, 0.25) is 0 Å². The van der Waals surface area contributed by atoms with E-state index < -0.39 is 5.97 Å². The van der Waals surface area contributed by atoms with E-state index in [-0.39, 0.29) is 5.76 Å². The molecule has 0 aliphatic heterocycles. The molecule has 0 aliphatic rings. The van der Waals surface area contributed by atoms with Crippen LogP contribution >= 0.6 is 0 Å². The summed E-state index contributed by atoms with van der Waals surface area (Å²) in [6.07, 6.45) is 0. The number of ether oxygens (including phenoxy) is 3. The molecule has 5 heteroatoms. The normalized spacial score (nSPS) is 10.8. The molecule has 0 spiro atoms. The predicted octanol–water partition coefficient (Wildman–Crippen LogP) is 3.39. The SMILES string of the molecule is COC(=O)c1oc2ccc3cc(OC)ccc3c2c1OC. The number of hydrogen-bond acceptors (Lipinski definition) is 5. The zero-order valence-electron chi connectivity index (χ0n) is 11.9. The van der Waals surface area contributed by atoms with Gasteiger partial charge >= 0.3 is 5.97 Å². The third-order valence-electron chi connectivity index (χ3n) is 3.41. The van der Waals surface area contributed by atoms with Gasteiger partial charge in [0.25, 0.3) is 5.76 Å². The van der Waals surface area contributed by atoms with Gasteiger partial charge in [0.1, 0.15) is 11.3 Å². The second-order valence-corrected chi connectivity index (χ2v) is 4.48. The van der Waals surface area contributed by atoms with E-state index in [0.29, 0.717) is 11.3 Å². The monoisotopic (exact) mass is 286 g/mol. The first-order valence-corrected chi connectivity index (χ1v) is 6.35. The van der Waals surface area contributed by atoms with E-state index in [4.69, 9.17) is 18.6 Å². The fourth-order valence-electron chi connectivity index (χ4n) is 2.43. The summed E-state index contributed by atoms with van der Waals surface area (Å²) >= 11 is 0. The average molecular weight is 286 g/mol. The van der Waals surface area contributed by atoms with E-state index in [2.05, 4.69) is 0 Å². The van der Waals surface area contributed by atoms with Gasteiger partial charge in [0, 0.05) is 0 Å². The van der Waals surface area contributed by atoms with Crippen LogP contribution in [0.15, 0.2) is 34.7 Å². The van der Waals surface area contributed by atoms with Crippen LogP contribution in [-0.4, -0.2) is 27.3 Å². The van der Waals surface area contributed by atoms with Crippen LogP contribution < -0.4 is 9.47 Å². The number of furan rings is 1. The number of carbonyl (C=O) groups excluding carboxylic acids is 1. The largest absolute Gasteiger partial charge is 0.497 e. The zero-order chi connectivity index (χ0) is 15.0. The molecule has 0 amide bonds. The minimum absolute atomic E-state index is 0.0679. The van der Waals surface area contributed by atoms with Gasteiger partial charge in [-0.2, -0.15) is 0 Å². The van der Waals surface area contributed by atoms with E-state index in [9.17, 15) is 4.79 Å². The molecule has 0 bridgehead atoms. The average Bonchev–Trinajstić information content (AvgIpc) is 2.92. The van der Waals surface area contributed by atoms with Gasteiger partial charge in [0.2, 0.25) is 0 Å². The first-order valence-electron chi connectivity index (χ1n) is 6.35. The Hall–Kier alpha value is -2.69. The highest BCUT2D eigenvalue weighted by Crippen LogP contribution is 2.39. The van der Waals surface area contributed by atoms with Crippen molar-refractivity contribution in [3.8, 4) is 11.5 Å². The van der Waals surface area contributed by atoms with Crippen molar-refractivity contribution >= 4 is 27.7 Å². The fourth-order valence-corrected chi connectivity index (χ4v) is 2.43. The lowest BCUT2D eigenvalue weighted by molar-refractivity contribution is 0.0563. The Morgan fingerprint density at radius 3 is 2.52 bits per heavy atom. The van der Waals surface area contributed by atoms with Crippen molar-refractivity contribution in [2.24, 2.45) is 0 Å². The van der Waals surface area contributed by atoms with Gasteiger partial charge in [-0.15, -0.1) is 0 Å². The maximum absolute atomic E-state index is 11.8. The molecular weight excluding hydrogens is 272 g/mol. The molecule has 1 heterocycles. The quantitative estimate of drug-likeness (QED) is 0.691. The van der Waals surface area contributed by atoms with Crippen molar-refractivity contribution in [2.45, 2.75) is 0 Å². The molecule has 0 aliphatic carbocycles. The van der Waals surface area contributed by atoms with Crippen LogP contribution in [0.1, 0.15) is 10.6 Å². The Labute approximate surface area is 121 Å². The summed E-state index contributed by atoms with van der Waals surface area (Å²) in [6.45, 7) is 0. The lowest BCUT2D eigenvalue weighted by atomic mass is 10.1. The zero-order valence-corrected chi connectivity index (χ0v) is 11.9. The number of carbonyl (C=O) groups is 1. The Morgan fingerprint density at radius 2 is 1.86 bits per heavy atom. The van der Waals surface area contributed by atoms with Crippen molar-refractivity contribution in [1.29, 1.82) is 0 Å². The molecule has 0 N–H and O–H groups in total. The van der Waals surface area contributed by atoms with E-state index in [1.54, 1.807) is 13.2 Å². The number of hydrogen-bond donors (Lipinski definition) is 0. The summed E-state index contributed by atoms with van der Waals surface area (Å²) in [5.74, 6) is 0.646. The summed E-state index contributed by atoms with van der Waals surface area (Å²) < 4.78 is 20.9. The molecule has 0 saturated heterocycles. The number of fused-ring (bicyclic) bond motifs is 3. The van der Waals surface area contributed by atoms with Crippen molar-refractivity contribution < 1.29 is 23.4 Å². The lowest BCUT2D eigenvalue weighted by Gasteiger charge is -2.04. The summed E-state index contributed by atoms with van der Waals surface area (Å²) in [7, 11) is 4.42. The second-order valence-electron chi connectivity index (χ2n) is 4.48. The molecule has 21 heavy (non-hydrogen) atoms. The molecule has 2 aromatic carbocycles. The fraction of sp³-hybridized carbons (Fsp3) is 0.188. The first-order chi connectivity index (χ1) is 10.2. The minimum Gasteiger partial charge on any atom is -0.497 e. The molecule has 1 aromatic heterocycles. The topological polar surface area (TPSA) is 57.9 Å². The molecule has 3 aromatic rings. The number of rotatable bonds is 3. The Balaban J connectivity index is 2.38. The van der Waals surface area contributed by atoms with E-state index in [1.165, 1.54) is 14.2 Å². The highest BCUT2D eigenvalue weighted by molar-refractivity contribution is 6.12. The van der Waals surface area contributed by atoms with Gasteiger partial charge in [0.15, 0.2) is 5.75 Å². The molecular formula is C16H14O5. The third kappa shape index (κ3) is 1.98.